The van der Waals surface area contributed by atoms with Crippen LogP contribution >= 0.6 is 0 Å². The number of rotatable bonds is 4. The van der Waals surface area contributed by atoms with E-state index in [0.717, 1.165) is 5.92 Å². The Bertz CT molecular complexity index is 1270. The van der Waals surface area contributed by atoms with Gasteiger partial charge in [0.1, 0.15) is 7.05 Å². The molecule has 0 atom stereocenters. The minimum atomic E-state index is 0.881. The van der Waals surface area contributed by atoms with Crippen LogP contribution in [0.4, 0.5) is 0 Å². The van der Waals surface area contributed by atoms with Crippen LogP contribution in [-0.4, -0.2) is 0 Å². The summed E-state index contributed by atoms with van der Waals surface area (Å²) in [7, 11) is 2.17. The summed E-state index contributed by atoms with van der Waals surface area (Å²) in [6, 6.07) is 23.0. The molecule has 1 aromatic heterocycles. The maximum atomic E-state index is 2.43. The van der Waals surface area contributed by atoms with Crippen molar-refractivity contribution in [2.24, 2.45) is 13.0 Å². The molecule has 4 aromatic rings. The van der Waals surface area contributed by atoms with Crippen molar-refractivity contribution >= 4 is 10.8 Å². The van der Waals surface area contributed by atoms with Gasteiger partial charge in [-0.05, 0) is 84.0 Å². The molecule has 0 aliphatic heterocycles. The van der Waals surface area contributed by atoms with Crippen molar-refractivity contribution in [1.82, 2.24) is 0 Å². The molecule has 0 bridgehead atoms. The van der Waals surface area contributed by atoms with Crippen molar-refractivity contribution in [3.8, 4) is 22.4 Å². The summed E-state index contributed by atoms with van der Waals surface area (Å²) in [6.07, 6.45) is 9.08. The molecular formula is C31H34N+. The second-order valence-electron chi connectivity index (χ2n) is 9.85. The molecule has 1 aliphatic carbocycles. The van der Waals surface area contributed by atoms with Gasteiger partial charge in [-0.15, -0.1) is 0 Å². The van der Waals surface area contributed by atoms with Gasteiger partial charge in [0.2, 0.25) is 5.69 Å². The summed E-state index contributed by atoms with van der Waals surface area (Å²) < 4.78 is 2.28. The largest absolute Gasteiger partial charge is 0.220 e. The summed E-state index contributed by atoms with van der Waals surface area (Å²) in [6.45, 7) is 6.67. The highest BCUT2D eigenvalue weighted by atomic mass is 14.9. The van der Waals surface area contributed by atoms with E-state index in [1.807, 2.05) is 0 Å². The first-order valence-corrected chi connectivity index (χ1v) is 12.1. The van der Waals surface area contributed by atoms with E-state index in [2.05, 4.69) is 99.2 Å². The Morgan fingerprint density at radius 1 is 0.812 bits per heavy atom. The lowest BCUT2D eigenvalue weighted by molar-refractivity contribution is -0.659. The van der Waals surface area contributed by atoms with E-state index in [1.165, 1.54) is 87.5 Å². The lowest BCUT2D eigenvalue weighted by Crippen LogP contribution is -2.30. The third-order valence-corrected chi connectivity index (χ3v) is 7.45. The van der Waals surface area contributed by atoms with Crippen LogP contribution in [0.1, 0.15) is 47.9 Å². The van der Waals surface area contributed by atoms with Crippen LogP contribution in [0.2, 0.25) is 0 Å². The van der Waals surface area contributed by atoms with Crippen molar-refractivity contribution in [2.75, 3.05) is 0 Å². The number of hydrogen-bond acceptors (Lipinski definition) is 0. The van der Waals surface area contributed by atoms with Gasteiger partial charge in [-0.3, -0.25) is 0 Å². The molecule has 0 N–H and O–H groups in total. The van der Waals surface area contributed by atoms with Gasteiger partial charge >= 0.3 is 0 Å². The number of fused-ring (bicyclic) bond motifs is 1. The van der Waals surface area contributed by atoms with E-state index in [0.29, 0.717) is 0 Å². The van der Waals surface area contributed by atoms with Gasteiger partial charge < -0.3 is 0 Å². The van der Waals surface area contributed by atoms with Gasteiger partial charge in [0.25, 0.3) is 0 Å². The molecule has 162 valence electrons. The minimum absolute atomic E-state index is 0.881. The molecule has 1 aliphatic rings. The highest BCUT2D eigenvalue weighted by molar-refractivity contribution is 5.94. The first-order chi connectivity index (χ1) is 15.5. The average Bonchev–Trinajstić information content (AvgIpc) is 3.27. The SMILES string of the molecule is Cc1cc(-c2c(C)cccc2C)ccc1-c1c2ccc(CC3CCCC3)cc2cc[n+]1C. The molecule has 0 unspecified atom stereocenters. The third kappa shape index (κ3) is 3.86. The monoisotopic (exact) mass is 420 g/mol. The summed E-state index contributed by atoms with van der Waals surface area (Å²) in [5, 5.41) is 2.69. The molecule has 0 saturated heterocycles. The fraction of sp³-hybridized carbons (Fsp3) is 0.323. The Morgan fingerprint density at radius 3 is 2.28 bits per heavy atom. The predicted octanol–water partition coefficient (Wildman–Crippen LogP) is 7.66. The number of nitrogens with zero attached hydrogens (tertiary/aromatic N) is 1. The average molecular weight is 421 g/mol. The molecular weight excluding hydrogens is 386 g/mol. The highest BCUT2D eigenvalue weighted by Gasteiger charge is 2.20. The third-order valence-electron chi connectivity index (χ3n) is 7.45. The fourth-order valence-electron chi connectivity index (χ4n) is 5.79. The zero-order valence-electron chi connectivity index (χ0n) is 19.9. The van der Waals surface area contributed by atoms with E-state index in [9.17, 15) is 0 Å². The van der Waals surface area contributed by atoms with E-state index < -0.39 is 0 Å². The topological polar surface area (TPSA) is 3.88 Å². The Kier molecular flexibility index (Phi) is 5.59. The predicted molar refractivity (Wildman–Crippen MR) is 136 cm³/mol. The van der Waals surface area contributed by atoms with Gasteiger partial charge in [0, 0.05) is 11.6 Å². The van der Waals surface area contributed by atoms with Crippen LogP contribution in [0.3, 0.4) is 0 Å². The number of hydrogen-bond donors (Lipinski definition) is 0. The molecule has 3 aromatic carbocycles. The first-order valence-electron chi connectivity index (χ1n) is 12.1. The van der Waals surface area contributed by atoms with Crippen LogP contribution in [0.15, 0.2) is 66.9 Å². The van der Waals surface area contributed by atoms with Gasteiger partial charge in [0.05, 0.1) is 5.39 Å². The van der Waals surface area contributed by atoms with E-state index in [-0.39, 0.29) is 0 Å². The molecule has 0 spiro atoms. The van der Waals surface area contributed by atoms with Gasteiger partial charge in [-0.25, -0.2) is 4.57 Å². The minimum Gasteiger partial charge on any atom is -0.200 e. The second-order valence-corrected chi connectivity index (χ2v) is 9.85. The van der Waals surface area contributed by atoms with Crippen molar-refractivity contribution in [3.63, 3.8) is 0 Å². The molecule has 32 heavy (non-hydrogen) atoms. The van der Waals surface area contributed by atoms with Gasteiger partial charge in [-0.2, -0.15) is 0 Å². The fourth-order valence-corrected chi connectivity index (χ4v) is 5.79. The molecule has 1 saturated carbocycles. The van der Waals surface area contributed by atoms with Crippen LogP contribution < -0.4 is 4.57 Å². The molecule has 0 radical (unpaired) electrons. The zero-order chi connectivity index (χ0) is 22.2. The maximum absolute atomic E-state index is 2.43. The van der Waals surface area contributed by atoms with E-state index in [4.69, 9.17) is 0 Å². The normalized spacial score (nSPS) is 14.4. The quantitative estimate of drug-likeness (QED) is 0.298. The second kappa shape index (κ2) is 8.54. The molecule has 1 heteroatoms. The molecule has 1 nitrogen and oxygen atoms in total. The van der Waals surface area contributed by atoms with E-state index >= 15 is 0 Å². The lowest BCUT2D eigenvalue weighted by atomic mass is 9.91. The maximum Gasteiger partial charge on any atom is 0.220 e. The van der Waals surface area contributed by atoms with E-state index in [1.54, 1.807) is 0 Å². The number of benzene rings is 3. The molecule has 1 heterocycles. The smallest absolute Gasteiger partial charge is 0.200 e. The van der Waals surface area contributed by atoms with Crippen LogP contribution in [-0.2, 0) is 13.5 Å². The van der Waals surface area contributed by atoms with Crippen molar-refractivity contribution in [2.45, 2.75) is 52.9 Å². The molecule has 5 rings (SSSR count). The lowest BCUT2D eigenvalue weighted by Gasteiger charge is -2.14. The summed E-state index contributed by atoms with van der Waals surface area (Å²) in [5.74, 6) is 0.881. The van der Waals surface area contributed by atoms with Crippen molar-refractivity contribution in [3.05, 3.63) is 89.1 Å². The van der Waals surface area contributed by atoms with Crippen molar-refractivity contribution < 1.29 is 4.57 Å². The Morgan fingerprint density at radius 2 is 1.56 bits per heavy atom. The number of aromatic nitrogens is 1. The first kappa shape index (κ1) is 20.9. The Hall–Kier alpha value is -2.93. The standard InChI is InChI=1S/C31H34N/c1-21-8-7-9-22(2)30(21)27-13-15-28(23(3)18-27)31-29-14-12-25(19-24-10-5-6-11-24)20-26(29)16-17-32(31)4/h7-9,12-18,20,24H,5-6,10-11,19H2,1-4H3/q+1. The Balaban J connectivity index is 1.57. The van der Waals surface area contributed by atoms with Gasteiger partial charge in [-0.1, -0.05) is 68.1 Å². The van der Waals surface area contributed by atoms with Crippen molar-refractivity contribution in [1.29, 1.82) is 0 Å². The van der Waals surface area contributed by atoms with Gasteiger partial charge in [0.15, 0.2) is 6.20 Å². The Labute approximate surface area is 192 Å². The highest BCUT2D eigenvalue weighted by Crippen LogP contribution is 2.34. The summed E-state index contributed by atoms with van der Waals surface area (Å²) >= 11 is 0. The number of pyridine rings is 1. The molecule has 1 fully saturated rings. The summed E-state index contributed by atoms with van der Waals surface area (Å²) in [4.78, 5) is 0. The van der Waals surface area contributed by atoms with Crippen LogP contribution in [0.5, 0.6) is 0 Å². The van der Waals surface area contributed by atoms with Crippen LogP contribution in [0.25, 0.3) is 33.2 Å². The zero-order valence-corrected chi connectivity index (χ0v) is 19.9. The molecule has 0 amide bonds. The summed E-state index contributed by atoms with van der Waals surface area (Å²) in [5.41, 5.74) is 10.8. The number of aryl methyl sites for hydroxylation is 4. The van der Waals surface area contributed by atoms with Crippen LogP contribution in [0, 0.1) is 26.7 Å².